The summed E-state index contributed by atoms with van der Waals surface area (Å²) in [7, 11) is 1.60. The van der Waals surface area contributed by atoms with Crippen LogP contribution in [-0.2, 0) is 27.2 Å². The number of carbonyl (C=O) groups is 3. The predicted molar refractivity (Wildman–Crippen MR) is 135 cm³/mol. The lowest BCUT2D eigenvalue weighted by molar-refractivity contribution is -0.140. The molecule has 8 heteroatoms. The Hall–Kier alpha value is -3.39. The van der Waals surface area contributed by atoms with Crippen molar-refractivity contribution in [2.24, 2.45) is 0 Å². The molecule has 0 saturated carbocycles. The smallest absolute Gasteiger partial charge is 0.243 e. The van der Waals surface area contributed by atoms with Gasteiger partial charge in [0, 0.05) is 26.6 Å². The van der Waals surface area contributed by atoms with E-state index < -0.39 is 18.1 Å². The summed E-state index contributed by atoms with van der Waals surface area (Å²) in [5.74, 6) is -0.0227. The molecule has 2 aromatic carbocycles. The second-order valence-electron chi connectivity index (χ2n) is 8.90. The average Bonchev–Trinajstić information content (AvgIpc) is 2.87. The number of likely N-dealkylation sites (N-methyl/N-ethyl adjacent to an activating group) is 1. The van der Waals surface area contributed by atoms with E-state index in [1.807, 2.05) is 54.6 Å². The Balaban J connectivity index is 1.79. The van der Waals surface area contributed by atoms with E-state index in [4.69, 9.17) is 4.74 Å². The van der Waals surface area contributed by atoms with E-state index in [1.165, 1.54) is 4.90 Å². The van der Waals surface area contributed by atoms with E-state index in [-0.39, 0.29) is 17.7 Å². The first-order valence-electron chi connectivity index (χ1n) is 12.2. The van der Waals surface area contributed by atoms with Crippen LogP contribution < -0.4 is 20.7 Å². The van der Waals surface area contributed by atoms with Crippen molar-refractivity contribution in [2.45, 2.75) is 51.2 Å². The number of hydrogen-bond acceptors (Lipinski definition) is 5. The fourth-order valence-electron chi connectivity index (χ4n) is 4.01. The van der Waals surface area contributed by atoms with Crippen molar-refractivity contribution < 1.29 is 19.1 Å². The number of rotatable bonds is 2. The molecule has 1 aliphatic rings. The van der Waals surface area contributed by atoms with Gasteiger partial charge in [0.05, 0.1) is 6.04 Å². The van der Waals surface area contributed by atoms with Gasteiger partial charge in [-0.15, -0.1) is 0 Å². The lowest BCUT2D eigenvalue weighted by Gasteiger charge is -2.29. The summed E-state index contributed by atoms with van der Waals surface area (Å²) in [6, 6.07) is 15.4. The predicted octanol–water partition coefficient (Wildman–Crippen LogP) is 1.68. The molecular weight excluding hydrogens is 444 g/mol. The van der Waals surface area contributed by atoms with Gasteiger partial charge >= 0.3 is 0 Å². The molecule has 3 rings (SSSR count). The van der Waals surface area contributed by atoms with Gasteiger partial charge in [-0.05, 0) is 43.9 Å². The quantitative estimate of drug-likeness (QED) is 0.608. The van der Waals surface area contributed by atoms with Gasteiger partial charge in [0.1, 0.15) is 24.4 Å². The molecule has 1 heterocycles. The molecule has 0 spiro atoms. The molecule has 0 bridgehead atoms. The van der Waals surface area contributed by atoms with E-state index in [2.05, 4.69) is 16.0 Å². The molecule has 188 valence electrons. The maximum absolute atomic E-state index is 13.1. The summed E-state index contributed by atoms with van der Waals surface area (Å²) >= 11 is 0. The lowest BCUT2D eigenvalue weighted by atomic mass is 10.0. The van der Waals surface area contributed by atoms with Crippen molar-refractivity contribution >= 4 is 17.7 Å². The first-order valence-corrected chi connectivity index (χ1v) is 12.2. The zero-order valence-corrected chi connectivity index (χ0v) is 20.8. The summed E-state index contributed by atoms with van der Waals surface area (Å²) in [5, 5.41) is 9.00. The number of hydrogen-bond donors (Lipinski definition) is 3. The highest BCUT2D eigenvalue weighted by atomic mass is 16.5. The molecule has 0 saturated heterocycles. The minimum absolute atomic E-state index is 0.210. The van der Waals surface area contributed by atoms with Gasteiger partial charge in [0.15, 0.2) is 0 Å². The van der Waals surface area contributed by atoms with Crippen LogP contribution in [0.1, 0.15) is 31.4 Å². The highest BCUT2D eigenvalue weighted by Crippen LogP contribution is 2.19. The second kappa shape index (κ2) is 12.9. The van der Waals surface area contributed by atoms with Crippen LogP contribution in [0, 0.1) is 0 Å². The molecule has 3 amide bonds. The van der Waals surface area contributed by atoms with E-state index in [0.717, 1.165) is 29.7 Å². The van der Waals surface area contributed by atoms with E-state index in [0.29, 0.717) is 26.1 Å². The number of nitrogens with zero attached hydrogens (tertiary/aromatic N) is 1. The topological polar surface area (TPSA) is 99.8 Å². The van der Waals surface area contributed by atoms with Gasteiger partial charge in [0.2, 0.25) is 17.7 Å². The van der Waals surface area contributed by atoms with Gasteiger partial charge in [0.25, 0.3) is 0 Å². The number of nitrogens with one attached hydrogen (secondary N) is 3. The van der Waals surface area contributed by atoms with Crippen LogP contribution in [-0.4, -0.2) is 67.5 Å². The third kappa shape index (κ3) is 7.55. The van der Waals surface area contributed by atoms with Crippen LogP contribution in [0.15, 0.2) is 54.6 Å². The number of carbonyl (C=O) groups excluding carboxylic acids is 3. The van der Waals surface area contributed by atoms with Crippen LogP contribution in [0.3, 0.4) is 0 Å². The number of ether oxygens (including phenoxy) is 1. The monoisotopic (exact) mass is 480 g/mol. The first kappa shape index (κ1) is 26.2. The summed E-state index contributed by atoms with van der Waals surface area (Å²) in [6.45, 7) is 4.80. The maximum atomic E-state index is 13.1. The molecule has 3 N–H and O–H groups in total. The van der Waals surface area contributed by atoms with Crippen LogP contribution in [0.4, 0.5) is 0 Å². The standard InChI is InChI=1S/C27H36N4O4/c1-19-27(34)31(3)20(2)25(32)30-23(18-21-10-5-4-6-11-21)26(33)29-15-9-13-22-12-7-8-14-24(22)35-17-16-28-19/h4-8,10-12,14,19-20,23,28H,9,13,15-18H2,1-3H3,(H,29,33)(H,30,32)/t19-,20+,23+/m0/s1. The highest BCUT2D eigenvalue weighted by molar-refractivity contribution is 5.92. The second-order valence-corrected chi connectivity index (χ2v) is 8.90. The van der Waals surface area contributed by atoms with Crippen LogP contribution in [0.5, 0.6) is 5.75 Å². The molecule has 0 fully saturated rings. The van der Waals surface area contributed by atoms with Crippen LogP contribution in [0.25, 0.3) is 0 Å². The Kier molecular flexibility index (Phi) is 9.66. The van der Waals surface area contributed by atoms with Crippen LogP contribution >= 0.6 is 0 Å². The zero-order chi connectivity index (χ0) is 25.2. The molecular formula is C27H36N4O4. The molecule has 2 aromatic rings. The molecule has 8 nitrogen and oxygen atoms in total. The van der Waals surface area contributed by atoms with Crippen molar-refractivity contribution in [3.8, 4) is 5.75 Å². The van der Waals surface area contributed by atoms with Gasteiger partial charge < -0.3 is 25.6 Å². The van der Waals surface area contributed by atoms with E-state index in [1.54, 1.807) is 20.9 Å². The molecule has 0 aromatic heterocycles. The minimum Gasteiger partial charge on any atom is -0.492 e. The Morgan fingerprint density at radius 2 is 1.66 bits per heavy atom. The Morgan fingerprint density at radius 3 is 2.43 bits per heavy atom. The molecule has 3 atom stereocenters. The van der Waals surface area contributed by atoms with Crippen molar-refractivity contribution in [1.29, 1.82) is 0 Å². The van der Waals surface area contributed by atoms with E-state index in [9.17, 15) is 14.4 Å². The fourth-order valence-corrected chi connectivity index (χ4v) is 4.01. The number of para-hydroxylation sites is 1. The summed E-state index contributed by atoms with van der Waals surface area (Å²) in [6.07, 6.45) is 1.84. The van der Waals surface area contributed by atoms with E-state index >= 15 is 0 Å². The number of fused-ring (bicyclic) bond motifs is 1. The molecule has 0 aliphatic carbocycles. The summed E-state index contributed by atoms with van der Waals surface area (Å²) in [5.41, 5.74) is 2.01. The fraction of sp³-hybridized carbons (Fsp3) is 0.444. The number of aryl methyl sites for hydroxylation is 1. The number of amides is 3. The van der Waals surface area contributed by atoms with Gasteiger partial charge in [-0.1, -0.05) is 48.5 Å². The van der Waals surface area contributed by atoms with Crippen molar-refractivity contribution in [3.05, 3.63) is 65.7 Å². The van der Waals surface area contributed by atoms with Crippen molar-refractivity contribution in [3.63, 3.8) is 0 Å². The van der Waals surface area contributed by atoms with Crippen molar-refractivity contribution in [1.82, 2.24) is 20.9 Å². The SMILES string of the molecule is C[C@@H]1NCCOc2ccccc2CCCNC(=O)[C@@H](Cc2ccccc2)NC(=O)[C@@H](C)N(C)C1=O. The average molecular weight is 481 g/mol. The molecule has 0 radical (unpaired) electrons. The van der Waals surface area contributed by atoms with Gasteiger partial charge in [-0.25, -0.2) is 0 Å². The third-order valence-corrected chi connectivity index (χ3v) is 6.30. The maximum Gasteiger partial charge on any atom is 0.243 e. The zero-order valence-electron chi connectivity index (χ0n) is 20.8. The molecule has 1 aliphatic heterocycles. The summed E-state index contributed by atoms with van der Waals surface area (Å²) in [4.78, 5) is 40.4. The lowest BCUT2D eigenvalue weighted by Crippen LogP contribution is -2.56. The highest BCUT2D eigenvalue weighted by Gasteiger charge is 2.29. The first-order chi connectivity index (χ1) is 16.9. The summed E-state index contributed by atoms with van der Waals surface area (Å²) < 4.78 is 5.95. The van der Waals surface area contributed by atoms with Crippen molar-refractivity contribution in [2.75, 3.05) is 26.7 Å². The Bertz CT molecular complexity index is 998. The number of benzene rings is 2. The minimum atomic E-state index is -0.749. The Morgan fingerprint density at radius 1 is 0.943 bits per heavy atom. The third-order valence-electron chi connectivity index (χ3n) is 6.30. The normalized spacial score (nSPS) is 23.2. The Labute approximate surface area is 207 Å². The molecule has 0 unspecified atom stereocenters. The van der Waals surface area contributed by atoms with Gasteiger partial charge in [-0.2, -0.15) is 0 Å². The molecule has 35 heavy (non-hydrogen) atoms. The largest absolute Gasteiger partial charge is 0.492 e. The van der Waals surface area contributed by atoms with Crippen LogP contribution in [0.2, 0.25) is 0 Å². The van der Waals surface area contributed by atoms with Gasteiger partial charge in [-0.3, -0.25) is 14.4 Å².